The highest BCUT2D eigenvalue weighted by atomic mass is 32.2. The molecule has 184 valence electrons. The highest BCUT2D eigenvalue weighted by Crippen LogP contribution is 2.39. The van der Waals surface area contributed by atoms with E-state index in [9.17, 15) is 4.79 Å². The predicted molar refractivity (Wildman–Crippen MR) is 154 cm³/mol. The normalized spacial score (nSPS) is 13.2. The molecular formula is C30H31N3OS2. The van der Waals surface area contributed by atoms with Crippen LogP contribution < -0.4 is 5.32 Å². The SMILES string of the molecule is CSc1ccccc1N=Cc1cc(C)n(-c2sc3c(c2C(=O)Nc2ccc(C)cc2)CCCC3)c1C. The molecule has 0 aliphatic heterocycles. The zero-order valence-electron chi connectivity index (χ0n) is 21.2. The number of aromatic nitrogens is 1. The second-order valence-electron chi connectivity index (χ2n) is 9.30. The van der Waals surface area contributed by atoms with E-state index in [2.05, 4.69) is 49.0 Å². The summed E-state index contributed by atoms with van der Waals surface area (Å²) in [7, 11) is 0. The van der Waals surface area contributed by atoms with Crippen LogP contribution in [0.5, 0.6) is 0 Å². The highest BCUT2D eigenvalue weighted by Gasteiger charge is 2.28. The number of carbonyl (C=O) groups excluding carboxylic acids is 1. The number of aliphatic imine (C=N–C) groups is 1. The number of amides is 1. The standard InChI is InChI=1S/C30H31N3OS2/c1-19-13-15-23(16-14-19)32-29(34)28-24-9-5-7-11-26(24)36-30(28)33-20(2)17-22(21(33)3)18-31-25-10-6-8-12-27(25)35-4/h6,8,10,12-18H,5,7,9,11H2,1-4H3,(H,32,34). The van der Waals surface area contributed by atoms with Crippen molar-refractivity contribution >= 4 is 46.6 Å². The first-order chi connectivity index (χ1) is 17.5. The summed E-state index contributed by atoms with van der Waals surface area (Å²) in [4.78, 5) is 21.0. The Labute approximate surface area is 221 Å². The zero-order chi connectivity index (χ0) is 25.2. The van der Waals surface area contributed by atoms with Crippen molar-refractivity contribution in [2.24, 2.45) is 4.99 Å². The first-order valence-corrected chi connectivity index (χ1v) is 14.4. The lowest BCUT2D eigenvalue weighted by atomic mass is 9.95. The molecular weight excluding hydrogens is 482 g/mol. The minimum Gasteiger partial charge on any atom is -0.322 e. The molecule has 0 saturated heterocycles. The van der Waals surface area contributed by atoms with Crippen LogP contribution in [0.25, 0.3) is 5.00 Å². The predicted octanol–water partition coefficient (Wildman–Crippen LogP) is 8.07. The molecule has 0 fully saturated rings. The van der Waals surface area contributed by atoms with Crippen molar-refractivity contribution in [3.8, 4) is 5.00 Å². The van der Waals surface area contributed by atoms with Crippen molar-refractivity contribution in [1.29, 1.82) is 0 Å². The number of fused-ring (bicyclic) bond motifs is 1. The number of hydrogen-bond donors (Lipinski definition) is 1. The van der Waals surface area contributed by atoms with Gasteiger partial charge in [-0.15, -0.1) is 23.1 Å². The molecule has 0 bridgehead atoms. The fraction of sp³-hybridized carbons (Fsp3) is 0.267. The van der Waals surface area contributed by atoms with Crippen molar-refractivity contribution < 1.29 is 4.79 Å². The molecule has 1 aliphatic rings. The summed E-state index contributed by atoms with van der Waals surface area (Å²) < 4.78 is 2.24. The number of thiophene rings is 1. The van der Waals surface area contributed by atoms with E-state index in [0.29, 0.717) is 0 Å². The van der Waals surface area contributed by atoms with Crippen LogP contribution in [-0.4, -0.2) is 22.9 Å². The van der Waals surface area contributed by atoms with Gasteiger partial charge in [0.05, 0.1) is 11.3 Å². The lowest BCUT2D eigenvalue weighted by Gasteiger charge is -2.14. The number of thioether (sulfide) groups is 1. The molecule has 0 saturated carbocycles. The lowest BCUT2D eigenvalue weighted by molar-refractivity contribution is 0.102. The lowest BCUT2D eigenvalue weighted by Crippen LogP contribution is -2.17. The van der Waals surface area contributed by atoms with Crippen molar-refractivity contribution in [3.63, 3.8) is 0 Å². The zero-order valence-corrected chi connectivity index (χ0v) is 22.9. The Morgan fingerprint density at radius 1 is 1.06 bits per heavy atom. The Bertz CT molecular complexity index is 1440. The van der Waals surface area contributed by atoms with E-state index in [4.69, 9.17) is 4.99 Å². The number of aryl methyl sites for hydroxylation is 3. The maximum Gasteiger partial charge on any atom is 0.258 e. The number of nitrogens with one attached hydrogen (secondary N) is 1. The number of benzene rings is 2. The maximum atomic E-state index is 13.7. The van der Waals surface area contributed by atoms with Gasteiger partial charge in [-0.1, -0.05) is 29.8 Å². The molecule has 2 aromatic heterocycles. The van der Waals surface area contributed by atoms with Gasteiger partial charge in [-0.2, -0.15) is 0 Å². The summed E-state index contributed by atoms with van der Waals surface area (Å²) in [5, 5.41) is 4.18. The van der Waals surface area contributed by atoms with Crippen LogP contribution in [0.4, 0.5) is 11.4 Å². The van der Waals surface area contributed by atoms with E-state index >= 15 is 0 Å². The summed E-state index contributed by atoms with van der Waals surface area (Å²) >= 11 is 3.47. The molecule has 36 heavy (non-hydrogen) atoms. The molecule has 1 N–H and O–H groups in total. The van der Waals surface area contributed by atoms with Crippen molar-refractivity contribution in [2.45, 2.75) is 51.3 Å². The largest absolute Gasteiger partial charge is 0.322 e. The summed E-state index contributed by atoms with van der Waals surface area (Å²) in [5.74, 6) is -0.0233. The van der Waals surface area contributed by atoms with Crippen molar-refractivity contribution in [2.75, 3.05) is 11.6 Å². The van der Waals surface area contributed by atoms with E-state index in [-0.39, 0.29) is 5.91 Å². The van der Waals surface area contributed by atoms with Crippen molar-refractivity contribution in [3.05, 3.63) is 93.1 Å². The average Bonchev–Trinajstić information content (AvgIpc) is 3.40. The van der Waals surface area contributed by atoms with Gasteiger partial charge in [-0.05, 0) is 88.6 Å². The van der Waals surface area contributed by atoms with Gasteiger partial charge in [0.2, 0.25) is 0 Å². The van der Waals surface area contributed by atoms with Crippen LogP contribution >= 0.6 is 23.1 Å². The smallest absolute Gasteiger partial charge is 0.258 e. The topological polar surface area (TPSA) is 46.4 Å². The first-order valence-electron chi connectivity index (χ1n) is 12.3. The Kier molecular flexibility index (Phi) is 7.17. The molecule has 0 radical (unpaired) electrons. The molecule has 1 aliphatic carbocycles. The first kappa shape index (κ1) is 24.6. The third kappa shape index (κ3) is 4.80. The van der Waals surface area contributed by atoms with Crippen LogP contribution in [-0.2, 0) is 12.8 Å². The summed E-state index contributed by atoms with van der Waals surface area (Å²) in [5.41, 5.74) is 8.30. The van der Waals surface area contributed by atoms with Gasteiger partial charge in [0.1, 0.15) is 5.00 Å². The molecule has 2 heterocycles. The van der Waals surface area contributed by atoms with Gasteiger partial charge in [0, 0.05) is 38.6 Å². The number of anilines is 1. The molecule has 5 rings (SSSR count). The third-order valence-corrected chi connectivity index (χ3v) is 8.85. The van der Waals surface area contributed by atoms with Gasteiger partial charge in [0.25, 0.3) is 5.91 Å². The second-order valence-corrected chi connectivity index (χ2v) is 11.2. The molecule has 4 nitrogen and oxygen atoms in total. The molecule has 0 unspecified atom stereocenters. The Hall–Kier alpha value is -3.09. The van der Waals surface area contributed by atoms with E-state index in [1.165, 1.54) is 22.4 Å². The molecule has 0 spiro atoms. The van der Waals surface area contributed by atoms with Crippen LogP contribution in [0, 0.1) is 20.8 Å². The Balaban J connectivity index is 1.55. The monoisotopic (exact) mass is 513 g/mol. The number of nitrogens with zero attached hydrogens (tertiary/aromatic N) is 2. The van der Waals surface area contributed by atoms with E-state index < -0.39 is 0 Å². The summed E-state index contributed by atoms with van der Waals surface area (Å²) in [6.45, 7) is 6.28. The molecule has 6 heteroatoms. The number of rotatable bonds is 6. The quantitative estimate of drug-likeness (QED) is 0.209. The average molecular weight is 514 g/mol. The third-order valence-electron chi connectivity index (χ3n) is 6.79. The minimum absolute atomic E-state index is 0.0233. The highest BCUT2D eigenvalue weighted by molar-refractivity contribution is 7.98. The summed E-state index contributed by atoms with van der Waals surface area (Å²) in [6.07, 6.45) is 8.34. The fourth-order valence-electron chi connectivity index (χ4n) is 4.88. The Morgan fingerprint density at radius 3 is 2.58 bits per heavy atom. The molecule has 2 aromatic carbocycles. The molecule has 4 aromatic rings. The van der Waals surface area contributed by atoms with Crippen LogP contribution in [0.15, 0.2) is 64.5 Å². The van der Waals surface area contributed by atoms with Crippen LogP contribution in [0.3, 0.4) is 0 Å². The van der Waals surface area contributed by atoms with E-state index in [1.807, 2.05) is 48.7 Å². The van der Waals surface area contributed by atoms with Gasteiger partial charge >= 0.3 is 0 Å². The van der Waals surface area contributed by atoms with Gasteiger partial charge in [-0.25, -0.2) is 0 Å². The van der Waals surface area contributed by atoms with Gasteiger partial charge in [0.15, 0.2) is 0 Å². The molecule has 0 atom stereocenters. The number of hydrogen-bond acceptors (Lipinski definition) is 4. The number of carbonyl (C=O) groups is 1. The van der Waals surface area contributed by atoms with Crippen molar-refractivity contribution in [1.82, 2.24) is 4.57 Å². The van der Waals surface area contributed by atoms with Crippen LogP contribution in [0.2, 0.25) is 0 Å². The number of para-hydroxylation sites is 1. The Morgan fingerprint density at radius 2 is 1.81 bits per heavy atom. The minimum atomic E-state index is -0.0233. The van der Waals surface area contributed by atoms with Gasteiger partial charge < -0.3 is 9.88 Å². The summed E-state index contributed by atoms with van der Waals surface area (Å²) in [6, 6.07) is 18.4. The van der Waals surface area contributed by atoms with Gasteiger partial charge in [-0.3, -0.25) is 9.79 Å². The maximum absolute atomic E-state index is 13.7. The van der Waals surface area contributed by atoms with E-state index in [1.54, 1.807) is 23.1 Å². The van der Waals surface area contributed by atoms with E-state index in [0.717, 1.165) is 63.0 Å². The van der Waals surface area contributed by atoms with Crippen LogP contribution in [0.1, 0.15) is 56.2 Å². The molecule has 1 amide bonds. The second kappa shape index (κ2) is 10.5. The fourth-order valence-corrected chi connectivity index (χ4v) is 6.92.